The second-order valence-corrected chi connectivity index (χ2v) is 4.74. The lowest BCUT2D eigenvalue weighted by Gasteiger charge is -2.39. The first kappa shape index (κ1) is 14.7. The average Bonchev–Trinajstić information content (AvgIpc) is 2.38. The molecule has 1 amide bonds. The summed E-state index contributed by atoms with van der Waals surface area (Å²) in [6.45, 7) is -0.0613. The molecular formula is C12H11F5N2O. The van der Waals surface area contributed by atoms with Crippen LogP contribution in [-0.2, 0) is 4.79 Å². The van der Waals surface area contributed by atoms with Crippen LogP contribution in [0.15, 0.2) is 0 Å². The second-order valence-electron chi connectivity index (χ2n) is 4.74. The van der Waals surface area contributed by atoms with Gasteiger partial charge in [0, 0.05) is 6.54 Å². The van der Waals surface area contributed by atoms with Crippen molar-refractivity contribution in [1.82, 2.24) is 0 Å². The number of halogens is 5. The summed E-state index contributed by atoms with van der Waals surface area (Å²) in [5, 5.41) is 1.77. The van der Waals surface area contributed by atoms with Gasteiger partial charge in [-0.2, -0.15) is 0 Å². The standard InChI is InChI=1S/C12H11F5N2O/c13-5-6(14)8(16)10(9(17)7(5)15)19-11(20)12(4-18)2-1-3-12/h1-4,18H2,(H,19,20). The zero-order valence-corrected chi connectivity index (χ0v) is 10.2. The summed E-state index contributed by atoms with van der Waals surface area (Å²) in [6.07, 6.45) is 1.52. The molecule has 0 saturated heterocycles. The molecule has 0 heterocycles. The van der Waals surface area contributed by atoms with Crippen LogP contribution in [0.5, 0.6) is 0 Å². The molecule has 8 heteroatoms. The molecule has 0 atom stereocenters. The lowest BCUT2D eigenvalue weighted by atomic mass is 9.68. The Kier molecular flexibility index (Phi) is 3.68. The Morgan fingerprint density at radius 2 is 1.45 bits per heavy atom. The van der Waals surface area contributed by atoms with E-state index in [-0.39, 0.29) is 6.54 Å². The van der Waals surface area contributed by atoms with Gasteiger partial charge in [0.25, 0.3) is 0 Å². The van der Waals surface area contributed by atoms with E-state index >= 15 is 0 Å². The van der Waals surface area contributed by atoms with Crippen LogP contribution in [0, 0.1) is 34.5 Å². The predicted molar refractivity (Wildman–Crippen MR) is 60.2 cm³/mol. The minimum atomic E-state index is -2.27. The van der Waals surface area contributed by atoms with Crippen LogP contribution in [-0.4, -0.2) is 12.5 Å². The predicted octanol–water partition coefficient (Wildman–Crippen LogP) is 2.45. The Bertz CT molecular complexity index is 537. The lowest BCUT2D eigenvalue weighted by molar-refractivity contribution is -0.129. The van der Waals surface area contributed by atoms with Gasteiger partial charge in [-0.25, -0.2) is 22.0 Å². The fraction of sp³-hybridized carbons (Fsp3) is 0.417. The first-order valence-corrected chi connectivity index (χ1v) is 5.87. The molecule has 1 aromatic rings. The molecule has 1 aliphatic carbocycles. The Labute approximate surface area is 110 Å². The summed E-state index contributed by atoms with van der Waals surface area (Å²) in [6, 6.07) is 0. The van der Waals surface area contributed by atoms with Crippen LogP contribution in [0.1, 0.15) is 19.3 Å². The number of anilines is 1. The largest absolute Gasteiger partial charge is 0.329 e. The van der Waals surface area contributed by atoms with Gasteiger partial charge in [0.1, 0.15) is 5.69 Å². The topological polar surface area (TPSA) is 55.1 Å². The van der Waals surface area contributed by atoms with Crippen molar-refractivity contribution in [3.63, 3.8) is 0 Å². The summed E-state index contributed by atoms with van der Waals surface area (Å²) in [7, 11) is 0. The fourth-order valence-electron chi connectivity index (χ4n) is 2.09. The van der Waals surface area contributed by atoms with Gasteiger partial charge in [0.05, 0.1) is 5.41 Å². The third kappa shape index (κ3) is 2.04. The second kappa shape index (κ2) is 5.01. The van der Waals surface area contributed by atoms with Gasteiger partial charge in [0.15, 0.2) is 23.3 Å². The number of hydrogen-bond donors (Lipinski definition) is 2. The summed E-state index contributed by atoms with van der Waals surface area (Å²) < 4.78 is 65.7. The molecule has 1 aliphatic rings. The number of carbonyl (C=O) groups excluding carboxylic acids is 1. The van der Waals surface area contributed by atoms with E-state index in [0.29, 0.717) is 19.3 Å². The number of rotatable bonds is 3. The van der Waals surface area contributed by atoms with E-state index in [2.05, 4.69) is 0 Å². The highest BCUT2D eigenvalue weighted by molar-refractivity contribution is 5.96. The normalized spacial score (nSPS) is 16.7. The van der Waals surface area contributed by atoms with Gasteiger partial charge >= 0.3 is 0 Å². The van der Waals surface area contributed by atoms with E-state index in [0.717, 1.165) is 0 Å². The van der Waals surface area contributed by atoms with Crippen molar-refractivity contribution in [1.29, 1.82) is 0 Å². The van der Waals surface area contributed by atoms with Crippen molar-refractivity contribution in [3.05, 3.63) is 29.1 Å². The van der Waals surface area contributed by atoms with E-state index in [1.165, 1.54) is 0 Å². The number of nitrogens with one attached hydrogen (secondary N) is 1. The number of nitrogens with two attached hydrogens (primary N) is 1. The zero-order chi connectivity index (χ0) is 15.1. The summed E-state index contributed by atoms with van der Waals surface area (Å²) in [5.74, 6) is -11.4. The first-order valence-electron chi connectivity index (χ1n) is 5.87. The van der Waals surface area contributed by atoms with E-state index in [1.807, 2.05) is 0 Å². The van der Waals surface area contributed by atoms with E-state index < -0.39 is 46.1 Å². The molecule has 0 aliphatic heterocycles. The Morgan fingerprint density at radius 1 is 1.00 bits per heavy atom. The average molecular weight is 294 g/mol. The highest BCUT2D eigenvalue weighted by Gasteiger charge is 2.43. The Balaban J connectivity index is 2.37. The van der Waals surface area contributed by atoms with Crippen LogP contribution >= 0.6 is 0 Å². The van der Waals surface area contributed by atoms with Crippen molar-refractivity contribution in [2.75, 3.05) is 11.9 Å². The Morgan fingerprint density at radius 3 is 1.80 bits per heavy atom. The van der Waals surface area contributed by atoms with Crippen LogP contribution in [0.4, 0.5) is 27.6 Å². The van der Waals surface area contributed by atoms with Gasteiger partial charge in [-0.3, -0.25) is 4.79 Å². The SMILES string of the molecule is NCC1(C(=O)Nc2c(F)c(F)c(F)c(F)c2F)CCC1. The highest BCUT2D eigenvalue weighted by atomic mass is 19.2. The van der Waals surface area contributed by atoms with Crippen LogP contribution in [0.25, 0.3) is 0 Å². The van der Waals surface area contributed by atoms with Gasteiger partial charge in [0.2, 0.25) is 11.7 Å². The third-order valence-electron chi connectivity index (χ3n) is 3.63. The molecule has 2 rings (SSSR count). The quantitative estimate of drug-likeness (QED) is 0.511. The zero-order valence-electron chi connectivity index (χ0n) is 10.2. The molecule has 20 heavy (non-hydrogen) atoms. The molecule has 1 aromatic carbocycles. The maximum atomic E-state index is 13.4. The van der Waals surface area contributed by atoms with Crippen molar-refractivity contribution < 1.29 is 26.7 Å². The summed E-state index contributed by atoms with van der Waals surface area (Å²) in [4.78, 5) is 11.9. The molecule has 0 bridgehead atoms. The Hall–Kier alpha value is -1.70. The third-order valence-corrected chi connectivity index (χ3v) is 3.63. The van der Waals surface area contributed by atoms with Gasteiger partial charge in [-0.1, -0.05) is 6.42 Å². The van der Waals surface area contributed by atoms with Crippen molar-refractivity contribution in [2.45, 2.75) is 19.3 Å². The fourth-order valence-corrected chi connectivity index (χ4v) is 2.09. The molecule has 0 unspecified atom stereocenters. The van der Waals surface area contributed by atoms with Gasteiger partial charge in [-0.05, 0) is 12.8 Å². The monoisotopic (exact) mass is 294 g/mol. The molecule has 3 nitrogen and oxygen atoms in total. The first-order chi connectivity index (χ1) is 9.34. The summed E-state index contributed by atoms with van der Waals surface area (Å²) >= 11 is 0. The van der Waals surface area contributed by atoms with Gasteiger partial charge < -0.3 is 11.1 Å². The molecule has 0 aromatic heterocycles. The number of amides is 1. The number of benzene rings is 1. The molecule has 0 spiro atoms. The number of carbonyl (C=O) groups is 1. The van der Waals surface area contributed by atoms with Crippen molar-refractivity contribution in [2.24, 2.45) is 11.1 Å². The smallest absolute Gasteiger partial charge is 0.232 e. The summed E-state index contributed by atoms with van der Waals surface area (Å²) in [5.41, 5.74) is 3.09. The highest BCUT2D eigenvalue weighted by Crippen LogP contribution is 2.41. The number of hydrogen-bond acceptors (Lipinski definition) is 2. The van der Waals surface area contributed by atoms with E-state index in [1.54, 1.807) is 5.32 Å². The molecule has 1 fully saturated rings. The van der Waals surface area contributed by atoms with Gasteiger partial charge in [-0.15, -0.1) is 0 Å². The van der Waals surface area contributed by atoms with Crippen molar-refractivity contribution in [3.8, 4) is 0 Å². The molecule has 1 saturated carbocycles. The molecular weight excluding hydrogens is 283 g/mol. The molecule has 0 radical (unpaired) electrons. The minimum absolute atomic E-state index is 0.0613. The van der Waals surface area contributed by atoms with Crippen LogP contribution in [0.2, 0.25) is 0 Å². The molecule has 3 N–H and O–H groups in total. The lowest BCUT2D eigenvalue weighted by Crippen LogP contribution is -2.47. The maximum Gasteiger partial charge on any atom is 0.232 e. The molecule has 110 valence electrons. The van der Waals surface area contributed by atoms with Crippen molar-refractivity contribution >= 4 is 11.6 Å². The van der Waals surface area contributed by atoms with E-state index in [9.17, 15) is 26.7 Å². The van der Waals surface area contributed by atoms with Crippen LogP contribution < -0.4 is 11.1 Å². The minimum Gasteiger partial charge on any atom is -0.329 e. The van der Waals surface area contributed by atoms with E-state index in [4.69, 9.17) is 5.73 Å². The van der Waals surface area contributed by atoms with Crippen LogP contribution in [0.3, 0.4) is 0 Å². The maximum absolute atomic E-state index is 13.4.